The molecule has 0 atom stereocenters. The third kappa shape index (κ3) is 3.53. The first-order valence-electron chi connectivity index (χ1n) is 4.44. The number of methoxy groups -OCH3 is 1. The highest BCUT2D eigenvalue weighted by Gasteiger charge is 1.96. The molecule has 3 nitrogen and oxygen atoms in total. The highest BCUT2D eigenvalue weighted by Crippen LogP contribution is 2.01. The number of pyridine rings is 1. The first kappa shape index (κ1) is 10.2. The maximum absolute atomic E-state index is 4.93. The van der Waals surface area contributed by atoms with Crippen LogP contribution in [0.15, 0.2) is 18.3 Å². The molecule has 1 rings (SSSR count). The first-order valence-corrected chi connectivity index (χ1v) is 4.44. The van der Waals surface area contributed by atoms with Crippen molar-refractivity contribution >= 4 is 0 Å². The molecule has 0 unspecified atom stereocenters. The van der Waals surface area contributed by atoms with E-state index in [0.717, 1.165) is 25.4 Å². The summed E-state index contributed by atoms with van der Waals surface area (Å²) in [6, 6.07) is 4.04. The van der Waals surface area contributed by atoms with E-state index in [1.807, 2.05) is 19.2 Å². The first-order chi connectivity index (χ1) is 6.34. The Morgan fingerprint density at radius 1 is 1.54 bits per heavy atom. The molecule has 0 spiro atoms. The third-order valence-corrected chi connectivity index (χ3v) is 1.91. The number of aromatic nitrogens is 1. The lowest BCUT2D eigenvalue weighted by Gasteiger charge is -2.05. The number of hydrogen-bond donors (Lipinski definition) is 1. The Balaban J connectivity index is 2.32. The fourth-order valence-electron chi connectivity index (χ4n) is 1.10. The zero-order valence-electron chi connectivity index (χ0n) is 8.21. The van der Waals surface area contributed by atoms with Gasteiger partial charge in [-0.05, 0) is 18.6 Å². The van der Waals surface area contributed by atoms with Crippen molar-refractivity contribution in [2.45, 2.75) is 13.5 Å². The second-order valence-corrected chi connectivity index (χ2v) is 2.92. The van der Waals surface area contributed by atoms with E-state index in [2.05, 4.69) is 16.4 Å². The minimum atomic E-state index is 0.749. The summed E-state index contributed by atoms with van der Waals surface area (Å²) in [6.07, 6.45) is 1.81. The largest absolute Gasteiger partial charge is 0.383 e. The van der Waals surface area contributed by atoms with E-state index in [1.54, 1.807) is 7.11 Å². The molecule has 1 N–H and O–H groups in total. The maximum atomic E-state index is 4.93. The summed E-state index contributed by atoms with van der Waals surface area (Å²) in [5.41, 5.74) is 2.34. The van der Waals surface area contributed by atoms with Crippen LogP contribution in [-0.4, -0.2) is 25.2 Å². The summed E-state index contributed by atoms with van der Waals surface area (Å²) < 4.78 is 4.93. The van der Waals surface area contributed by atoms with Crippen molar-refractivity contribution in [2.24, 2.45) is 0 Å². The smallest absolute Gasteiger partial charge is 0.0587 e. The average molecular weight is 180 g/mol. The molecular weight excluding hydrogens is 164 g/mol. The van der Waals surface area contributed by atoms with Crippen molar-refractivity contribution in [3.63, 3.8) is 0 Å². The zero-order valence-corrected chi connectivity index (χ0v) is 8.21. The Kier molecular flexibility index (Phi) is 4.43. The normalized spacial score (nSPS) is 10.3. The van der Waals surface area contributed by atoms with Crippen LogP contribution in [0.2, 0.25) is 0 Å². The number of aryl methyl sites for hydroxylation is 1. The molecule has 0 aliphatic carbocycles. The van der Waals surface area contributed by atoms with Gasteiger partial charge in [0.15, 0.2) is 0 Å². The molecule has 0 saturated carbocycles. The molecule has 1 aromatic rings. The minimum absolute atomic E-state index is 0.749. The van der Waals surface area contributed by atoms with Gasteiger partial charge >= 0.3 is 0 Å². The van der Waals surface area contributed by atoms with Crippen LogP contribution in [0.1, 0.15) is 11.3 Å². The van der Waals surface area contributed by atoms with Gasteiger partial charge in [-0.15, -0.1) is 0 Å². The van der Waals surface area contributed by atoms with E-state index in [1.165, 1.54) is 5.56 Å². The average Bonchev–Trinajstić information content (AvgIpc) is 2.15. The highest BCUT2D eigenvalue weighted by molar-refractivity contribution is 5.17. The van der Waals surface area contributed by atoms with E-state index in [0.29, 0.717) is 0 Å². The van der Waals surface area contributed by atoms with Gasteiger partial charge in [-0.25, -0.2) is 0 Å². The third-order valence-electron chi connectivity index (χ3n) is 1.91. The van der Waals surface area contributed by atoms with Crippen molar-refractivity contribution in [3.05, 3.63) is 29.6 Å². The van der Waals surface area contributed by atoms with Crippen LogP contribution in [-0.2, 0) is 11.3 Å². The zero-order chi connectivity index (χ0) is 9.52. The Morgan fingerprint density at radius 3 is 3.08 bits per heavy atom. The topological polar surface area (TPSA) is 34.1 Å². The summed E-state index contributed by atoms with van der Waals surface area (Å²) in [4.78, 5) is 4.21. The molecule has 3 heteroatoms. The van der Waals surface area contributed by atoms with Gasteiger partial charge in [-0.2, -0.15) is 0 Å². The Morgan fingerprint density at radius 2 is 2.38 bits per heavy atom. The molecule has 0 aliphatic rings. The van der Waals surface area contributed by atoms with Gasteiger partial charge in [-0.1, -0.05) is 6.07 Å². The SMILES string of the molecule is COCCNCc1cccnc1C. The Hall–Kier alpha value is -0.930. The quantitative estimate of drug-likeness (QED) is 0.690. The molecule has 0 radical (unpaired) electrons. The van der Waals surface area contributed by atoms with Crippen LogP contribution < -0.4 is 5.32 Å². The monoisotopic (exact) mass is 180 g/mol. The molecule has 0 fully saturated rings. The summed E-state index contributed by atoms with van der Waals surface area (Å²) in [5.74, 6) is 0. The van der Waals surface area contributed by atoms with Crippen LogP contribution in [0.4, 0.5) is 0 Å². The predicted octanol–water partition coefficient (Wildman–Crippen LogP) is 1.13. The van der Waals surface area contributed by atoms with E-state index in [4.69, 9.17) is 4.74 Å². The van der Waals surface area contributed by atoms with Crippen LogP contribution in [0, 0.1) is 6.92 Å². The molecule has 0 aromatic carbocycles. The van der Waals surface area contributed by atoms with E-state index < -0.39 is 0 Å². The maximum Gasteiger partial charge on any atom is 0.0587 e. The van der Waals surface area contributed by atoms with Crippen LogP contribution >= 0.6 is 0 Å². The van der Waals surface area contributed by atoms with Crippen molar-refractivity contribution in [1.82, 2.24) is 10.3 Å². The molecule has 1 aromatic heterocycles. The van der Waals surface area contributed by atoms with E-state index in [-0.39, 0.29) is 0 Å². The van der Waals surface area contributed by atoms with E-state index in [9.17, 15) is 0 Å². The fraction of sp³-hybridized carbons (Fsp3) is 0.500. The molecule has 0 amide bonds. The molecule has 0 aliphatic heterocycles. The van der Waals surface area contributed by atoms with Gasteiger partial charge in [0.2, 0.25) is 0 Å². The lowest BCUT2D eigenvalue weighted by atomic mass is 10.2. The Bertz CT molecular complexity index is 250. The van der Waals surface area contributed by atoms with Crippen molar-refractivity contribution in [2.75, 3.05) is 20.3 Å². The lowest BCUT2D eigenvalue weighted by Crippen LogP contribution is -2.19. The van der Waals surface area contributed by atoms with Crippen LogP contribution in [0.3, 0.4) is 0 Å². The van der Waals surface area contributed by atoms with Crippen molar-refractivity contribution in [3.8, 4) is 0 Å². The summed E-state index contributed by atoms with van der Waals surface area (Å²) in [6.45, 7) is 4.51. The molecular formula is C10H16N2O. The summed E-state index contributed by atoms with van der Waals surface area (Å²) >= 11 is 0. The Labute approximate surface area is 79.1 Å². The van der Waals surface area contributed by atoms with Gasteiger partial charge in [-0.3, -0.25) is 4.98 Å². The second kappa shape index (κ2) is 5.67. The number of ether oxygens (including phenoxy) is 1. The molecule has 13 heavy (non-hydrogen) atoms. The van der Waals surface area contributed by atoms with Gasteiger partial charge in [0.05, 0.1) is 6.61 Å². The molecule has 1 heterocycles. The van der Waals surface area contributed by atoms with Crippen LogP contribution in [0.5, 0.6) is 0 Å². The number of nitrogens with zero attached hydrogens (tertiary/aromatic N) is 1. The summed E-state index contributed by atoms with van der Waals surface area (Å²) in [5, 5.41) is 3.28. The van der Waals surface area contributed by atoms with Gasteiger partial charge < -0.3 is 10.1 Å². The van der Waals surface area contributed by atoms with E-state index >= 15 is 0 Å². The van der Waals surface area contributed by atoms with Crippen molar-refractivity contribution < 1.29 is 4.74 Å². The van der Waals surface area contributed by atoms with Gasteiger partial charge in [0.25, 0.3) is 0 Å². The van der Waals surface area contributed by atoms with Crippen molar-refractivity contribution in [1.29, 1.82) is 0 Å². The molecule has 0 bridgehead atoms. The second-order valence-electron chi connectivity index (χ2n) is 2.92. The highest BCUT2D eigenvalue weighted by atomic mass is 16.5. The standard InChI is InChI=1S/C10H16N2O/c1-9-10(4-3-5-12-9)8-11-6-7-13-2/h3-5,11H,6-8H2,1-2H3. The molecule has 0 saturated heterocycles. The lowest BCUT2D eigenvalue weighted by molar-refractivity contribution is 0.199. The van der Waals surface area contributed by atoms with Gasteiger partial charge in [0.1, 0.15) is 0 Å². The van der Waals surface area contributed by atoms with Crippen LogP contribution in [0.25, 0.3) is 0 Å². The molecule has 72 valence electrons. The number of hydrogen-bond acceptors (Lipinski definition) is 3. The predicted molar refractivity (Wildman–Crippen MR) is 52.6 cm³/mol. The number of rotatable bonds is 5. The summed E-state index contributed by atoms with van der Waals surface area (Å²) in [7, 11) is 1.71. The van der Waals surface area contributed by atoms with Gasteiger partial charge in [0, 0.05) is 32.1 Å². The minimum Gasteiger partial charge on any atom is -0.383 e. The number of nitrogens with one attached hydrogen (secondary N) is 1. The fourth-order valence-corrected chi connectivity index (χ4v) is 1.10.